The van der Waals surface area contributed by atoms with Crippen LogP contribution in [-0.4, -0.2) is 33.7 Å². The molecule has 0 atom stereocenters. The van der Waals surface area contributed by atoms with Crippen molar-refractivity contribution in [1.82, 2.24) is 14.7 Å². The van der Waals surface area contributed by atoms with Crippen molar-refractivity contribution in [1.29, 1.82) is 0 Å². The van der Waals surface area contributed by atoms with Crippen LogP contribution in [0.2, 0.25) is 0 Å². The zero-order chi connectivity index (χ0) is 16.5. The normalized spacial score (nSPS) is 19.3. The van der Waals surface area contributed by atoms with Crippen LogP contribution in [0.3, 0.4) is 0 Å². The molecule has 2 fully saturated rings. The summed E-state index contributed by atoms with van der Waals surface area (Å²) in [6.07, 6.45) is 9.68. The summed E-state index contributed by atoms with van der Waals surface area (Å²) in [5.74, 6) is 1.25. The number of carbonyl (C=O) groups is 1. The molecule has 1 saturated heterocycles. The molecule has 1 aliphatic carbocycles. The molecule has 1 aromatic carbocycles. The standard InChI is InChI=1S/C20H25N3O/c1-15-4-2-7-19(12-15)23-14-18(13-21-23)16-8-10-22(11-9-16)20(24)17-5-3-6-17/h2,4,7,12-14,16-17H,3,5-6,8-11H2,1H3. The van der Waals surface area contributed by atoms with Gasteiger partial charge in [-0.25, -0.2) is 4.68 Å². The predicted molar refractivity (Wildman–Crippen MR) is 94.2 cm³/mol. The van der Waals surface area contributed by atoms with Gasteiger partial charge in [0.05, 0.1) is 11.9 Å². The fraction of sp³-hybridized carbons (Fsp3) is 0.500. The molecule has 2 aliphatic rings. The second-order valence-electron chi connectivity index (χ2n) is 7.28. The summed E-state index contributed by atoms with van der Waals surface area (Å²) in [5, 5.41) is 4.54. The van der Waals surface area contributed by atoms with Crippen LogP contribution in [0.5, 0.6) is 0 Å². The predicted octanol–water partition coefficient (Wildman–Crippen LogP) is 3.69. The third kappa shape index (κ3) is 2.97. The summed E-state index contributed by atoms with van der Waals surface area (Å²) in [6, 6.07) is 8.40. The SMILES string of the molecule is Cc1cccc(-n2cc(C3CCN(C(=O)C4CCC4)CC3)cn2)c1. The van der Waals surface area contributed by atoms with Gasteiger partial charge >= 0.3 is 0 Å². The average molecular weight is 323 g/mol. The van der Waals surface area contributed by atoms with E-state index in [4.69, 9.17) is 0 Å². The van der Waals surface area contributed by atoms with Gasteiger partial charge in [0.2, 0.25) is 5.91 Å². The molecule has 24 heavy (non-hydrogen) atoms. The van der Waals surface area contributed by atoms with E-state index >= 15 is 0 Å². The molecule has 0 unspecified atom stereocenters. The smallest absolute Gasteiger partial charge is 0.225 e. The van der Waals surface area contributed by atoms with E-state index in [9.17, 15) is 4.79 Å². The summed E-state index contributed by atoms with van der Waals surface area (Å²) in [7, 11) is 0. The van der Waals surface area contributed by atoms with Gasteiger partial charge < -0.3 is 4.90 Å². The lowest BCUT2D eigenvalue weighted by Crippen LogP contribution is -2.43. The van der Waals surface area contributed by atoms with Crippen molar-refractivity contribution in [2.45, 2.75) is 44.9 Å². The van der Waals surface area contributed by atoms with E-state index in [1.54, 1.807) is 0 Å². The molecule has 4 heteroatoms. The Kier molecular flexibility index (Phi) is 4.13. The third-order valence-corrected chi connectivity index (χ3v) is 5.60. The third-order valence-electron chi connectivity index (χ3n) is 5.60. The first-order valence-electron chi connectivity index (χ1n) is 9.11. The number of carbonyl (C=O) groups excluding carboxylic acids is 1. The van der Waals surface area contributed by atoms with Crippen molar-refractivity contribution in [3.05, 3.63) is 47.8 Å². The highest BCUT2D eigenvalue weighted by Crippen LogP contribution is 2.32. The molecule has 0 radical (unpaired) electrons. The molecule has 126 valence electrons. The van der Waals surface area contributed by atoms with Crippen molar-refractivity contribution in [3.8, 4) is 5.69 Å². The number of piperidine rings is 1. The number of nitrogens with zero attached hydrogens (tertiary/aromatic N) is 3. The fourth-order valence-corrected chi connectivity index (χ4v) is 3.81. The van der Waals surface area contributed by atoms with E-state index in [0.717, 1.165) is 44.5 Å². The molecule has 1 saturated carbocycles. The van der Waals surface area contributed by atoms with Gasteiger partial charge in [0.25, 0.3) is 0 Å². The summed E-state index contributed by atoms with van der Waals surface area (Å²) in [5.41, 5.74) is 3.65. The van der Waals surface area contributed by atoms with Crippen LogP contribution in [0, 0.1) is 12.8 Å². The highest BCUT2D eigenvalue weighted by molar-refractivity contribution is 5.79. The zero-order valence-corrected chi connectivity index (χ0v) is 14.3. The minimum atomic E-state index is 0.325. The molecule has 2 heterocycles. The van der Waals surface area contributed by atoms with Crippen molar-refractivity contribution >= 4 is 5.91 Å². The lowest BCUT2D eigenvalue weighted by atomic mass is 9.83. The summed E-state index contributed by atoms with van der Waals surface area (Å²) in [6.45, 7) is 3.90. The van der Waals surface area contributed by atoms with E-state index in [1.807, 2.05) is 10.9 Å². The summed E-state index contributed by atoms with van der Waals surface area (Å²) >= 11 is 0. The minimum Gasteiger partial charge on any atom is -0.342 e. The lowest BCUT2D eigenvalue weighted by molar-refractivity contribution is -0.139. The van der Waals surface area contributed by atoms with Gasteiger partial charge in [-0.05, 0) is 61.8 Å². The van der Waals surface area contributed by atoms with Crippen LogP contribution in [0.15, 0.2) is 36.7 Å². The first kappa shape index (κ1) is 15.4. The Balaban J connectivity index is 1.40. The Labute approximate surface area is 143 Å². The van der Waals surface area contributed by atoms with Crippen LogP contribution in [-0.2, 0) is 4.79 Å². The Morgan fingerprint density at radius 1 is 1.17 bits per heavy atom. The second kappa shape index (κ2) is 6.42. The fourth-order valence-electron chi connectivity index (χ4n) is 3.81. The van der Waals surface area contributed by atoms with Crippen LogP contribution in [0.25, 0.3) is 5.69 Å². The van der Waals surface area contributed by atoms with Gasteiger partial charge in [-0.15, -0.1) is 0 Å². The van der Waals surface area contributed by atoms with E-state index < -0.39 is 0 Å². The maximum absolute atomic E-state index is 12.4. The van der Waals surface area contributed by atoms with Crippen LogP contribution >= 0.6 is 0 Å². The van der Waals surface area contributed by atoms with Crippen molar-refractivity contribution in [3.63, 3.8) is 0 Å². The minimum absolute atomic E-state index is 0.325. The number of hydrogen-bond acceptors (Lipinski definition) is 2. The number of hydrogen-bond donors (Lipinski definition) is 0. The Morgan fingerprint density at radius 3 is 2.62 bits per heavy atom. The molecular weight excluding hydrogens is 298 g/mol. The topological polar surface area (TPSA) is 38.1 Å². The average Bonchev–Trinajstić information content (AvgIpc) is 3.03. The van der Waals surface area contributed by atoms with Crippen LogP contribution in [0.4, 0.5) is 0 Å². The van der Waals surface area contributed by atoms with Gasteiger partial charge in [0, 0.05) is 25.2 Å². The molecule has 0 spiro atoms. The monoisotopic (exact) mass is 323 g/mol. The van der Waals surface area contributed by atoms with E-state index in [0.29, 0.717) is 17.7 Å². The molecular formula is C20H25N3O. The van der Waals surface area contributed by atoms with Gasteiger partial charge in [0.1, 0.15) is 0 Å². The van der Waals surface area contributed by atoms with Gasteiger partial charge in [-0.2, -0.15) is 5.10 Å². The number of amides is 1. The number of rotatable bonds is 3. The van der Waals surface area contributed by atoms with Crippen LogP contribution in [0.1, 0.15) is 49.1 Å². The van der Waals surface area contributed by atoms with E-state index in [2.05, 4.69) is 47.4 Å². The summed E-state index contributed by atoms with van der Waals surface area (Å²) in [4.78, 5) is 14.4. The van der Waals surface area contributed by atoms with E-state index in [-0.39, 0.29) is 0 Å². The Hall–Kier alpha value is -2.10. The van der Waals surface area contributed by atoms with E-state index in [1.165, 1.54) is 17.5 Å². The number of likely N-dealkylation sites (tertiary alicyclic amines) is 1. The second-order valence-corrected chi connectivity index (χ2v) is 7.28. The molecule has 1 amide bonds. The largest absolute Gasteiger partial charge is 0.342 e. The maximum Gasteiger partial charge on any atom is 0.225 e. The van der Waals surface area contributed by atoms with Crippen LogP contribution < -0.4 is 0 Å². The Morgan fingerprint density at radius 2 is 1.96 bits per heavy atom. The first-order valence-corrected chi connectivity index (χ1v) is 9.11. The summed E-state index contributed by atoms with van der Waals surface area (Å²) < 4.78 is 1.97. The highest BCUT2D eigenvalue weighted by Gasteiger charge is 2.32. The maximum atomic E-state index is 12.4. The lowest BCUT2D eigenvalue weighted by Gasteiger charge is -2.36. The molecule has 1 aliphatic heterocycles. The first-order chi connectivity index (χ1) is 11.7. The molecule has 0 N–H and O–H groups in total. The van der Waals surface area contributed by atoms with Crippen molar-refractivity contribution < 1.29 is 4.79 Å². The molecule has 4 rings (SSSR count). The number of aryl methyl sites for hydroxylation is 1. The molecule has 1 aromatic heterocycles. The molecule has 2 aromatic rings. The van der Waals surface area contributed by atoms with Crippen molar-refractivity contribution in [2.75, 3.05) is 13.1 Å². The number of benzene rings is 1. The zero-order valence-electron chi connectivity index (χ0n) is 14.3. The molecule has 0 bridgehead atoms. The van der Waals surface area contributed by atoms with Gasteiger partial charge in [-0.3, -0.25) is 4.79 Å². The van der Waals surface area contributed by atoms with Gasteiger partial charge in [0.15, 0.2) is 0 Å². The number of aromatic nitrogens is 2. The van der Waals surface area contributed by atoms with Gasteiger partial charge in [-0.1, -0.05) is 18.6 Å². The quantitative estimate of drug-likeness (QED) is 0.864. The highest BCUT2D eigenvalue weighted by atomic mass is 16.2. The Bertz CT molecular complexity index is 724. The molecule has 4 nitrogen and oxygen atoms in total. The van der Waals surface area contributed by atoms with Crippen molar-refractivity contribution in [2.24, 2.45) is 5.92 Å².